The van der Waals surface area contributed by atoms with Gasteiger partial charge in [0.1, 0.15) is 11.6 Å². The molecule has 22 heavy (non-hydrogen) atoms. The number of benzene rings is 2. The highest BCUT2D eigenvalue weighted by atomic mass is 19.1. The van der Waals surface area contributed by atoms with E-state index < -0.39 is 0 Å². The number of carbonyl (C=O) groups excluding carboxylic acids is 2. The second-order valence-corrected chi connectivity index (χ2v) is 4.86. The molecule has 112 valence electrons. The van der Waals surface area contributed by atoms with Gasteiger partial charge in [0.25, 0.3) is 11.8 Å². The van der Waals surface area contributed by atoms with Crippen molar-refractivity contribution < 1.29 is 18.7 Å². The Morgan fingerprint density at radius 1 is 1.23 bits per heavy atom. The summed E-state index contributed by atoms with van der Waals surface area (Å²) in [5.41, 5.74) is 1.85. The highest BCUT2D eigenvalue weighted by Gasteiger charge is 2.16. The second-order valence-electron chi connectivity index (χ2n) is 4.86. The minimum Gasteiger partial charge on any atom is -0.482 e. The van der Waals surface area contributed by atoms with Crippen molar-refractivity contribution in [3.63, 3.8) is 0 Å². The van der Waals surface area contributed by atoms with Crippen LogP contribution in [-0.4, -0.2) is 18.4 Å². The van der Waals surface area contributed by atoms with E-state index in [0.717, 1.165) is 5.56 Å². The lowest BCUT2D eigenvalue weighted by molar-refractivity contribution is -0.118. The normalized spacial score (nSPS) is 12.9. The molecule has 2 N–H and O–H groups in total. The van der Waals surface area contributed by atoms with Gasteiger partial charge in [0.05, 0.1) is 5.69 Å². The Labute approximate surface area is 126 Å². The van der Waals surface area contributed by atoms with E-state index >= 15 is 0 Å². The number of amides is 2. The molecule has 2 amide bonds. The summed E-state index contributed by atoms with van der Waals surface area (Å²) in [4.78, 5) is 23.1. The van der Waals surface area contributed by atoms with Gasteiger partial charge in [-0.25, -0.2) is 4.39 Å². The average molecular weight is 300 g/mol. The summed E-state index contributed by atoms with van der Waals surface area (Å²) in [5.74, 6) is -0.282. The highest BCUT2D eigenvalue weighted by Crippen LogP contribution is 2.28. The topological polar surface area (TPSA) is 67.4 Å². The molecule has 0 saturated carbocycles. The monoisotopic (exact) mass is 300 g/mol. The Hall–Kier alpha value is -2.89. The van der Waals surface area contributed by atoms with Crippen molar-refractivity contribution in [2.24, 2.45) is 0 Å². The molecule has 0 unspecified atom stereocenters. The third-order valence-electron chi connectivity index (χ3n) is 3.24. The minimum atomic E-state index is -0.384. The quantitative estimate of drug-likeness (QED) is 0.912. The fourth-order valence-corrected chi connectivity index (χ4v) is 2.11. The van der Waals surface area contributed by atoms with Crippen LogP contribution in [0, 0.1) is 5.82 Å². The molecule has 1 aliphatic rings. The summed E-state index contributed by atoms with van der Waals surface area (Å²) in [5, 5.41) is 5.44. The summed E-state index contributed by atoms with van der Waals surface area (Å²) < 4.78 is 18.1. The molecular weight excluding hydrogens is 287 g/mol. The van der Waals surface area contributed by atoms with Crippen LogP contribution >= 0.6 is 0 Å². The van der Waals surface area contributed by atoms with Gasteiger partial charge in [-0.1, -0.05) is 6.07 Å². The number of halogens is 1. The van der Waals surface area contributed by atoms with Crippen LogP contribution in [0.2, 0.25) is 0 Å². The summed E-state index contributed by atoms with van der Waals surface area (Å²) in [7, 11) is 0. The fourth-order valence-electron chi connectivity index (χ4n) is 2.11. The Morgan fingerprint density at radius 3 is 2.77 bits per heavy atom. The zero-order chi connectivity index (χ0) is 15.5. The number of hydrogen-bond acceptors (Lipinski definition) is 3. The number of nitrogens with one attached hydrogen (secondary N) is 2. The summed E-state index contributed by atoms with van der Waals surface area (Å²) in [6, 6.07) is 10.6. The van der Waals surface area contributed by atoms with Crippen molar-refractivity contribution in [1.82, 2.24) is 5.32 Å². The van der Waals surface area contributed by atoms with Gasteiger partial charge in [0.15, 0.2) is 6.61 Å². The summed E-state index contributed by atoms with van der Waals surface area (Å²) in [6.45, 7) is 0.291. The van der Waals surface area contributed by atoms with E-state index in [1.165, 1.54) is 24.3 Å². The largest absolute Gasteiger partial charge is 0.482 e. The van der Waals surface area contributed by atoms with Crippen LogP contribution in [0.15, 0.2) is 42.5 Å². The number of ether oxygens (including phenoxy) is 1. The molecule has 0 saturated heterocycles. The predicted octanol–water partition coefficient (Wildman–Crippen LogP) is 2.09. The smallest absolute Gasteiger partial charge is 0.262 e. The maximum absolute atomic E-state index is 12.8. The molecule has 0 aromatic heterocycles. The Bertz CT molecular complexity index is 729. The van der Waals surface area contributed by atoms with E-state index in [-0.39, 0.29) is 24.2 Å². The van der Waals surface area contributed by atoms with Gasteiger partial charge in [0.2, 0.25) is 0 Å². The molecule has 2 aromatic rings. The lowest BCUT2D eigenvalue weighted by Crippen LogP contribution is -2.26. The molecule has 2 aromatic carbocycles. The van der Waals surface area contributed by atoms with Gasteiger partial charge in [0, 0.05) is 12.1 Å². The van der Waals surface area contributed by atoms with Crippen LogP contribution in [-0.2, 0) is 11.3 Å². The lowest BCUT2D eigenvalue weighted by atomic mass is 10.1. The number of fused-ring (bicyclic) bond motifs is 1. The molecule has 5 nitrogen and oxygen atoms in total. The standard InChI is InChI=1S/C16H13FN2O3/c17-12-4-2-11(3-5-12)16(21)18-8-10-1-6-13-14(7-10)22-9-15(20)19-13/h1-7H,8-9H2,(H,18,21)(H,19,20). The SMILES string of the molecule is O=C1COc2cc(CNC(=O)c3ccc(F)cc3)ccc2N1. The van der Waals surface area contributed by atoms with Crippen molar-refractivity contribution in [3.8, 4) is 5.75 Å². The maximum atomic E-state index is 12.8. The molecule has 0 spiro atoms. The Kier molecular flexibility index (Phi) is 3.74. The molecule has 0 aliphatic carbocycles. The van der Waals surface area contributed by atoms with Gasteiger partial charge < -0.3 is 15.4 Å². The van der Waals surface area contributed by atoms with Crippen molar-refractivity contribution >= 4 is 17.5 Å². The van der Waals surface area contributed by atoms with Crippen molar-refractivity contribution in [1.29, 1.82) is 0 Å². The van der Waals surface area contributed by atoms with Crippen LogP contribution < -0.4 is 15.4 Å². The zero-order valence-electron chi connectivity index (χ0n) is 11.6. The first-order valence-electron chi connectivity index (χ1n) is 6.71. The molecule has 1 heterocycles. The molecule has 3 rings (SSSR count). The lowest BCUT2D eigenvalue weighted by Gasteiger charge is -2.18. The predicted molar refractivity (Wildman–Crippen MR) is 78.1 cm³/mol. The zero-order valence-corrected chi connectivity index (χ0v) is 11.6. The Morgan fingerprint density at radius 2 is 2.00 bits per heavy atom. The molecule has 0 fully saturated rings. The molecule has 1 aliphatic heterocycles. The van der Waals surface area contributed by atoms with Crippen molar-refractivity contribution in [2.75, 3.05) is 11.9 Å². The van der Waals surface area contributed by atoms with E-state index in [1.54, 1.807) is 18.2 Å². The van der Waals surface area contributed by atoms with Gasteiger partial charge in [-0.2, -0.15) is 0 Å². The van der Waals surface area contributed by atoms with Gasteiger partial charge >= 0.3 is 0 Å². The molecule has 0 radical (unpaired) electrons. The Balaban J connectivity index is 1.65. The van der Waals surface area contributed by atoms with Crippen LogP contribution in [0.5, 0.6) is 5.75 Å². The average Bonchev–Trinajstić information content (AvgIpc) is 2.53. The van der Waals surface area contributed by atoms with Gasteiger partial charge in [-0.3, -0.25) is 9.59 Å². The molecule has 0 atom stereocenters. The first-order chi connectivity index (χ1) is 10.6. The maximum Gasteiger partial charge on any atom is 0.262 e. The van der Waals surface area contributed by atoms with Crippen molar-refractivity contribution in [2.45, 2.75) is 6.54 Å². The minimum absolute atomic E-state index is 0.0155. The van der Waals surface area contributed by atoms with Crippen LogP contribution in [0.1, 0.15) is 15.9 Å². The number of carbonyl (C=O) groups is 2. The van der Waals surface area contributed by atoms with E-state index in [9.17, 15) is 14.0 Å². The van der Waals surface area contributed by atoms with Crippen molar-refractivity contribution in [3.05, 3.63) is 59.4 Å². The second kappa shape index (κ2) is 5.85. The van der Waals surface area contributed by atoms with Crippen LogP contribution in [0.4, 0.5) is 10.1 Å². The third-order valence-corrected chi connectivity index (χ3v) is 3.24. The van der Waals surface area contributed by atoms with E-state index in [1.807, 2.05) is 0 Å². The number of hydrogen-bond donors (Lipinski definition) is 2. The highest BCUT2D eigenvalue weighted by molar-refractivity contribution is 5.95. The molecular formula is C16H13FN2O3. The van der Waals surface area contributed by atoms with E-state index in [2.05, 4.69) is 10.6 Å². The molecule has 6 heteroatoms. The van der Waals surface area contributed by atoms with Crippen LogP contribution in [0.25, 0.3) is 0 Å². The van der Waals surface area contributed by atoms with E-state index in [0.29, 0.717) is 23.5 Å². The first kappa shape index (κ1) is 14.1. The first-order valence-corrected chi connectivity index (χ1v) is 6.71. The number of rotatable bonds is 3. The third kappa shape index (κ3) is 3.06. The number of anilines is 1. The fraction of sp³-hybridized carbons (Fsp3) is 0.125. The van der Waals surface area contributed by atoms with Gasteiger partial charge in [-0.15, -0.1) is 0 Å². The van der Waals surface area contributed by atoms with Gasteiger partial charge in [-0.05, 0) is 42.0 Å². The summed E-state index contributed by atoms with van der Waals surface area (Å²) >= 11 is 0. The van der Waals surface area contributed by atoms with Crippen LogP contribution in [0.3, 0.4) is 0 Å². The van der Waals surface area contributed by atoms with E-state index in [4.69, 9.17) is 4.74 Å². The molecule has 0 bridgehead atoms. The summed E-state index contributed by atoms with van der Waals surface area (Å²) in [6.07, 6.45) is 0.